The third-order valence-electron chi connectivity index (χ3n) is 3.08. The number of fused-ring (bicyclic) bond motifs is 1. The summed E-state index contributed by atoms with van der Waals surface area (Å²) < 4.78 is 7.91. The van der Waals surface area contributed by atoms with Crippen LogP contribution in [-0.2, 0) is 11.3 Å². The summed E-state index contributed by atoms with van der Waals surface area (Å²) in [5.74, 6) is -0.355. The maximum Gasteiger partial charge on any atom is 0.342 e. The predicted molar refractivity (Wildman–Crippen MR) is 82.5 cm³/mol. The van der Waals surface area contributed by atoms with Crippen molar-refractivity contribution in [2.75, 3.05) is 6.61 Å². The molecule has 0 saturated heterocycles. The van der Waals surface area contributed by atoms with Gasteiger partial charge in [-0.2, -0.15) is 5.10 Å². The lowest BCUT2D eigenvalue weighted by molar-refractivity contribution is 0.0527. The lowest BCUT2D eigenvalue weighted by atomic mass is 10.2. The molecule has 3 aromatic rings. The summed E-state index contributed by atoms with van der Waals surface area (Å²) in [6.45, 7) is 4.80. The number of hydrogen-bond donors (Lipinski definition) is 0. The highest BCUT2D eigenvalue weighted by Crippen LogP contribution is 2.31. The Kier molecular flexibility index (Phi) is 3.70. The summed E-state index contributed by atoms with van der Waals surface area (Å²) in [5.41, 5.74) is 1.98. The predicted octanol–water partition coefficient (Wildman–Crippen LogP) is 3.36. The molecule has 0 bridgehead atoms. The molecular formula is C15H15N3O2S. The van der Waals surface area contributed by atoms with Crippen LogP contribution in [-0.4, -0.2) is 27.3 Å². The van der Waals surface area contributed by atoms with Crippen molar-refractivity contribution < 1.29 is 9.53 Å². The van der Waals surface area contributed by atoms with Gasteiger partial charge in [0.05, 0.1) is 16.8 Å². The fourth-order valence-corrected chi connectivity index (χ4v) is 3.04. The van der Waals surface area contributed by atoms with Gasteiger partial charge < -0.3 is 4.74 Å². The van der Waals surface area contributed by atoms with Crippen LogP contribution in [0.1, 0.15) is 24.2 Å². The molecule has 2 aromatic heterocycles. The first-order valence-electron chi connectivity index (χ1n) is 6.83. The molecule has 0 amide bonds. The van der Waals surface area contributed by atoms with Crippen LogP contribution in [0.3, 0.4) is 0 Å². The molecule has 3 rings (SSSR count). The smallest absolute Gasteiger partial charge is 0.342 e. The summed E-state index contributed by atoms with van der Waals surface area (Å²) in [6, 6.07) is 7.89. The van der Waals surface area contributed by atoms with Crippen LogP contribution in [0.2, 0.25) is 0 Å². The lowest BCUT2D eigenvalue weighted by Crippen LogP contribution is -2.04. The highest BCUT2D eigenvalue weighted by molar-refractivity contribution is 7.21. The van der Waals surface area contributed by atoms with Crippen molar-refractivity contribution in [2.45, 2.75) is 20.4 Å². The number of aromatic nitrogens is 3. The Labute approximate surface area is 126 Å². The first kappa shape index (κ1) is 13.8. The lowest BCUT2D eigenvalue weighted by Gasteiger charge is -1.99. The maximum absolute atomic E-state index is 12.1. The Morgan fingerprint density at radius 1 is 1.33 bits per heavy atom. The molecule has 0 aliphatic rings. The maximum atomic E-state index is 12.1. The molecule has 0 aliphatic heterocycles. The number of rotatable bonds is 4. The Morgan fingerprint density at radius 3 is 2.86 bits per heavy atom. The minimum Gasteiger partial charge on any atom is -0.462 e. The van der Waals surface area contributed by atoms with Crippen LogP contribution >= 0.6 is 11.3 Å². The average molecular weight is 301 g/mol. The molecule has 0 fully saturated rings. The number of carbonyl (C=O) groups excluding carboxylic acids is 1. The molecule has 108 valence electrons. The van der Waals surface area contributed by atoms with Crippen molar-refractivity contribution in [3.8, 4) is 10.7 Å². The monoisotopic (exact) mass is 301 g/mol. The fraction of sp³-hybridized carbons (Fsp3) is 0.267. The Balaban J connectivity index is 2.11. The van der Waals surface area contributed by atoms with Gasteiger partial charge in [-0.3, -0.25) is 4.68 Å². The SMILES string of the molecule is CCOC(=O)c1cn(CC)nc1-c1nc2ccccc2s1. The fourth-order valence-electron chi connectivity index (χ4n) is 2.07. The van der Waals surface area contributed by atoms with Gasteiger partial charge in [0.1, 0.15) is 16.3 Å². The van der Waals surface area contributed by atoms with E-state index in [9.17, 15) is 4.79 Å². The minimum atomic E-state index is -0.355. The Morgan fingerprint density at radius 2 is 2.14 bits per heavy atom. The minimum absolute atomic E-state index is 0.343. The molecule has 0 saturated carbocycles. The number of thiazole rings is 1. The number of hydrogen-bond acceptors (Lipinski definition) is 5. The molecule has 0 N–H and O–H groups in total. The van der Waals surface area contributed by atoms with Gasteiger partial charge in [0, 0.05) is 12.7 Å². The number of ether oxygens (including phenoxy) is 1. The van der Waals surface area contributed by atoms with E-state index in [-0.39, 0.29) is 5.97 Å². The molecule has 5 nitrogen and oxygen atoms in total. The Hall–Kier alpha value is -2.21. The summed E-state index contributed by atoms with van der Waals surface area (Å²) in [5, 5.41) is 5.20. The van der Waals surface area contributed by atoms with E-state index in [0.717, 1.165) is 15.2 Å². The Bertz CT molecular complexity index is 758. The summed E-state index contributed by atoms with van der Waals surface area (Å²) in [4.78, 5) is 16.7. The first-order valence-corrected chi connectivity index (χ1v) is 7.65. The van der Waals surface area contributed by atoms with E-state index in [0.29, 0.717) is 24.4 Å². The highest BCUT2D eigenvalue weighted by Gasteiger charge is 2.21. The number of carbonyl (C=O) groups is 1. The molecule has 0 spiro atoms. The van der Waals surface area contributed by atoms with Gasteiger partial charge >= 0.3 is 5.97 Å². The van der Waals surface area contributed by atoms with Gasteiger partial charge in [0.15, 0.2) is 0 Å². The van der Waals surface area contributed by atoms with E-state index < -0.39 is 0 Å². The van der Waals surface area contributed by atoms with Crippen molar-refractivity contribution in [3.05, 3.63) is 36.0 Å². The van der Waals surface area contributed by atoms with E-state index in [1.54, 1.807) is 17.8 Å². The van der Waals surface area contributed by atoms with Gasteiger partial charge in [-0.15, -0.1) is 11.3 Å². The quantitative estimate of drug-likeness (QED) is 0.693. The molecule has 0 atom stereocenters. The zero-order valence-electron chi connectivity index (χ0n) is 11.9. The summed E-state index contributed by atoms with van der Waals surface area (Å²) in [6.07, 6.45) is 1.72. The number of para-hydroxylation sites is 1. The van der Waals surface area contributed by atoms with Gasteiger partial charge in [0.25, 0.3) is 0 Å². The van der Waals surface area contributed by atoms with Gasteiger partial charge in [-0.05, 0) is 26.0 Å². The first-order chi connectivity index (χ1) is 10.2. The van der Waals surface area contributed by atoms with E-state index in [1.807, 2.05) is 31.2 Å². The zero-order chi connectivity index (χ0) is 14.8. The van der Waals surface area contributed by atoms with E-state index in [1.165, 1.54) is 11.3 Å². The van der Waals surface area contributed by atoms with Crippen molar-refractivity contribution in [3.63, 3.8) is 0 Å². The molecule has 6 heteroatoms. The molecular weight excluding hydrogens is 286 g/mol. The van der Waals surface area contributed by atoms with Crippen LogP contribution < -0.4 is 0 Å². The van der Waals surface area contributed by atoms with Crippen molar-refractivity contribution in [1.29, 1.82) is 0 Å². The standard InChI is InChI=1S/C15H15N3O2S/c1-3-18-9-10(15(19)20-4-2)13(17-18)14-16-11-7-5-6-8-12(11)21-14/h5-9H,3-4H2,1-2H3. The van der Waals surface area contributed by atoms with E-state index >= 15 is 0 Å². The van der Waals surface area contributed by atoms with Crippen LogP contribution in [0.4, 0.5) is 0 Å². The normalized spacial score (nSPS) is 11.0. The van der Waals surface area contributed by atoms with Crippen molar-refractivity contribution in [1.82, 2.24) is 14.8 Å². The molecule has 0 unspecified atom stereocenters. The van der Waals surface area contributed by atoms with E-state index in [2.05, 4.69) is 10.1 Å². The van der Waals surface area contributed by atoms with Gasteiger partial charge in [0.2, 0.25) is 0 Å². The second-order valence-electron chi connectivity index (χ2n) is 4.45. The number of nitrogens with zero attached hydrogens (tertiary/aromatic N) is 3. The second kappa shape index (κ2) is 5.65. The van der Waals surface area contributed by atoms with Crippen LogP contribution in [0.25, 0.3) is 20.9 Å². The van der Waals surface area contributed by atoms with Crippen molar-refractivity contribution in [2.24, 2.45) is 0 Å². The highest BCUT2D eigenvalue weighted by atomic mass is 32.1. The van der Waals surface area contributed by atoms with Crippen LogP contribution in [0.5, 0.6) is 0 Å². The van der Waals surface area contributed by atoms with Crippen molar-refractivity contribution >= 4 is 27.5 Å². The summed E-state index contributed by atoms with van der Waals surface area (Å²) >= 11 is 1.53. The molecule has 0 radical (unpaired) electrons. The molecule has 21 heavy (non-hydrogen) atoms. The van der Waals surface area contributed by atoms with E-state index in [4.69, 9.17) is 4.74 Å². The zero-order valence-corrected chi connectivity index (χ0v) is 12.7. The molecule has 0 aliphatic carbocycles. The van der Waals surface area contributed by atoms with Gasteiger partial charge in [-0.1, -0.05) is 12.1 Å². The summed E-state index contributed by atoms with van der Waals surface area (Å²) in [7, 11) is 0. The second-order valence-corrected chi connectivity index (χ2v) is 5.48. The molecule has 2 heterocycles. The third-order valence-corrected chi connectivity index (χ3v) is 4.12. The largest absolute Gasteiger partial charge is 0.462 e. The topological polar surface area (TPSA) is 57.0 Å². The number of benzene rings is 1. The van der Waals surface area contributed by atoms with Crippen LogP contribution in [0.15, 0.2) is 30.5 Å². The number of aryl methyl sites for hydroxylation is 1. The average Bonchev–Trinajstić information content (AvgIpc) is 3.11. The molecule has 1 aromatic carbocycles. The van der Waals surface area contributed by atoms with Gasteiger partial charge in [-0.25, -0.2) is 9.78 Å². The third kappa shape index (κ3) is 2.54. The van der Waals surface area contributed by atoms with Crippen LogP contribution in [0, 0.1) is 0 Å². The number of esters is 1.